The van der Waals surface area contributed by atoms with Crippen LogP contribution in [0.4, 0.5) is 17.6 Å². The van der Waals surface area contributed by atoms with Crippen LogP contribution in [0.15, 0.2) is 18.2 Å². The molecule has 2 aromatic rings. The SMILES string of the molecule is COc1nc(N)nc(Nc2ccc(C)c(C)c2)n1. The number of hydrogen-bond donors (Lipinski definition) is 2. The second-order valence-electron chi connectivity index (χ2n) is 3.93. The first-order valence-corrected chi connectivity index (χ1v) is 5.48. The number of aryl methyl sites for hydroxylation is 2. The van der Waals surface area contributed by atoms with Crippen LogP contribution in [0.5, 0.6) is 6.01 Å². The van der Waals surface area contributed by atoms with Crippen LogP contribution in [0.3, 0.4) is 0 Å². The molecule has 18 heavy (non-hydrogen) atoms. The van der Waals surface area contributed by atoms with Crippen LogP contribution < -0.4 is 15.8 Å². The zero-order valence-electron chi connectivity index (χ0n) is 10.6. The van der Waals surface area contributed by atoms with E-state index in [1.807, 2.05) is 25.1 Å². The number of anilines is 3. The number of hydrogen-bond acceptors (Lipinski definition) is 6. The first-order chi connectivity index (χ1) is 8.58. The highest BCUT2D eigenvalue weighted by Crippen LogP contribution is 2.18. The third-order valence-corrected chi connectivity index (χ3v) is 2.58. The Morgan fingerprint density at radius 2 is 1.89 bits per heavy atom. The Labute approximate surface area is 105 Å². The van der Waals surface area contributed by atoms with Gasteiger partial charge in [0.2, 0.25) is 11.9 Å². The Morgan fingerprint density at radius 1 is 1.11 bits per heavy atom. The highest BCUT2D eigenvalue weighted by atomic mass is 16.5. The maximum Gasteiger partial charge on any atom is 0.322 e. The zero-order valence-corrected chi connectivity index (χ0v) is 10.6. The van der Waals surface area contributed by atoms with Gasteiger partial charge in [0, 0.05) is 5.69 Å². The monoisotopic (exact) mass is 245 g/mol. The molecule has 0 atom stereocenters. The fourth-order valence-corrected chi connectivity index (χ4v) is 1.47. The van der Waals surface area contributed by atoms with Crippen molar-refractivity contribution in [3.05, 3.63) is 29.3 Å². The van der Waals surface area contributed by atoms with Crippen LogP contribution in [0.25, 0.3) is 0 Å². The summed E-state index contributed by atoms with van der Waals surface area (Å²) >= 11 is 0. The third-order valence-electron chi connectivity index (χ3n) is 2.58. The maximum atomic E-state index is 5.56. The van der Waals surface area contributed by atoms with Crippen LogP contribution in [0.2, 0.25) is 0 Å². The zero-order chi connectivity index (χ0) is 13.1. The van der Waals surface area contributed by atoms with Crippen molar-refractivity contribution in [3.63, 3.8) is 0 Å². The lowest BCUT2D eigenvalue weighted by molar-refractivity contribution is 0.380. The summed E-state index contributed by atoms with van der Waals surface area (Å²) in [4.78, 5) is 11.9. The lowest BCUT2D eigenvalue weighted by Gasteiger charge is -2.08. The van der Waals surface area contributed by atoms with Crippen LogP contribution in [0.1, 0.15) is 11.1 Å². The largest absolute Gasteiger partial charge is 0.467 e. The van der Waals surface area contributed by atoms with Crippen molar-refractivity contribution >= 4 is 17.6 Å². The second kappa shape index (κ2) is 4.87. The van der Waals surface area contributed by atoms with E-state index in [4.69, 9.17) is 10.5 Å². The Hall–Kier alpha value is -2.37. The number of nitrogens with two attached hydrogens (primary N) is 1. The van der Waals surface area contributed by atoms with E-state index in [-0.39, 0.29) is 12.0 Å². The molecule has 0 radical (unpaired) electrons. The highest BCUT2D eigenvalue weighted by molar-refractivity contribution is 5.56. The summed E-state index contributed by atoms with van der Waals surface area (Å²) < 4.78 is 4.93. The topological polar surface area (TPSA) is 86.0 Å². The van der Waals surface area contributed by atoms with Crippen molar-refractivity contribution in [2.75, 3.05) is 18.2 Å². The number of nitrogens with zero attached hydrogens (tertiary/aromatic N) is 3. The molecule has 0 fully saturated rings. The molecule has 1 aromatic carbocycles. The average Bonchev–Trinajstić information content (AvgIpc) is 2.33. The molecule has 6 heteroatoms. The van der Waals surface area contributed by atoms with Crippen LogP contribution in [-0.2, 0) is 0 Å². The molecule has 0 aliphatic carbocycles. The summed E-state index contributed by atoms with van der Waals surface area (Å²) in [5, 5.41) is 3.07. The quantitative estimate of drug-likeness (QED) is 0.857. The van der Waals surface area contributed by atoms with E-state index in [1.54, 1.807) is 0 Å². The molecule has 0 bridgehead atoms. The van der Waals surface area contributed by atoms with Gasteiger partial charge in [0.1, 0.15) is 0 Å². The molecule has 2 rings (SSSR count). The average molecular weight is 245 g/mol. The van der Waals surface area contributed by atoms with E-state index in [0.717, 1.165) is 5.69 Å². The van der Waals surface area contributed by atoms with Crippen molar-refractivity contribution in [2.45, 2.75) is 13.8 Å². The molecule has 0 amide bonds. The van der Waals surface area contributed by atoms with Crippen molar-refractivity contribution < 1.29 is 4.74 Å². The lowest BCUT2D eigenvalue weighted by atomic mass is 10.1. The Kier molecular flexibility index (Phi) is 3.27. The van der Waals surface area contributed by atoms with Gasteiger partial charge in [-0.2, -0.15) is 15.0 Å². The molecule has 0 spiro atoms. The molecule has 94 valence electrons. The highest BCUT2D eigenvalue weighted by Gasteiger charge is 2.05. The van der Waals surface area contributed by atoms with Crippen molar-refractivity contribution in [2.24, 2.45) is 0 Å². The Balaban J connectivity index is 2.27. The van der Waals surface area contributed by atoms with Crippen LogP contribution in [0, 0.1) is 13.8 Å². The number of benzene rings is 1. The Morgan fingerprint density at radius 3 is 2.56 bits per heavy atom. The predicted octanol–water partition coefficient (Wildman–Crippen LogP) is 1.82. The molecule has 1 heterocycles. The van der Waals surface area contributed by atoms with E-state index < -0.39 is 0 Å². The molecule has 0 unspecified atom stereocenters. The summed E-state index contributed by atoms with van der Waals surface area (Å²) in [6.07, 6.45) is 0. The molecule has 0 saturated carbocycles. The molecular weight excluding hydrogens is 230 g/mol. The van der Waals surface area contributed by atoms with E-state index in [2.05, 4.69) is 27.2 Å². The lowest BCUT2D eigenvalue weighted by Crippen LogP contribution is -2.05. The van der Waals surface area contributed by atoms with Gasteiger partial charge < -0.3 is 15.8 Å². The second-order valence-corrected chi connectivity index (χ2v) is 3.93. The molecule has 3 N–H and O–H groups in total. The summed E-state index contributed by atoms with van der Waals surface area (Å²) in [7, 11) is 1.48. The maximum absolute atomic E-state index is 5.56. The third kappa shape index (κ3) is 2.65. The first-order valence-electron chi connectivity index (χ1n) is 5.48. The van der Waals surface area contributed by atoms with Crippen LogP contribution in [-0.4, -0.2) is 22.1 Å². The van der Waals surface area contributed by atoms with E-state index in [1.165, 1.54) is 18.2 Å². The number of ether oxygens (including phenoxy) is 1. The summed E-state index contributed by atoms with van der Waals surface area (Å²) in [5.74, 6) is 0.482. The van der Waals surface area contributed by atoms with Crippen LogP contribution >= 0.6 is 0 Å². The smallest absolute Gasteiger partial charge is 0.322 e. The molecule has 0 aliphatic rings. The van der Waals surface area contributed by atoms with Gasteiger partial charge in [-0.15, -0.1) is 0 Å². The van der Waals surface area contributed by atoms with Gasteiger partial charge >= 0.3 is 6.01 Å². The summed E-state index contributed by atoms with van der Waals surface area (Å²) in [6.45, 7) is 4.10. The molecule has 0 aliphatic heterocycles. The predicted molar refractivity (Wildman–Crippen MR) is 70.0 cm³/mol. The van der Waals surface area contributed by atoms with Gasteiger partial charge in [0.05, 0.1) is 7.11 Å². The number of rotatable bonds is 3. The van der Waals surface area contributed by atoms with Crippen molar-refractivity contribution in [1.82, 2.24) is 15.0 Å². The fourth-order valence-electron chi connectivity index (χ4n) is 1.47. The number of nitrogen functional groups attached to an aromatic ring is 1. The van der Waals surface area contributed by atoms with E-state index >= 15 is 0 Å². The first kappa shape index (κ1) is 12.1. The normalized spacial score (nSPS) is 10.2. The van der Waals surface area contributed by atoms with Gasteiger partial charge in [-0.05, 0) is 37.1 Å². The minimum Gasteiger partial charge on any atom is -0.467 e. The Bertz CT molecular complexity index is 570. The molecular formula is C12H15N5O. The van der Waals surface area contributed by atoms with Crippen molar-refractivity contribution in [1.29, 1.82) is 0 Å². The van der Waals surface area contributed by atoms with Gasteiger partial charge in [-0.3, -0.25) is 0 Å². The van der Waals surface area contributed by atoms with Gasteiger partial charge in [0.15, 0.2) is 0 Å². The van der Waals surface area contributed by atoms with Crippen molar-refractivity contribution in [3.8, 4) is 6.01 Å². The fraction of sp³-hybridized carbons (Fsp3) is 0.250. The molecule has 6 nitrogen and oxygen atoms in total. The molecule has 0 saturated heterocycles. The minimum atomic E-state index is 0.119. The van der Waals surface area contributed by atoms with Gasteiger partial charge in [-0.1, -0.05) is 6.07 Å². The number of nitrogens with one attached hydrogen (secondary N) is 1. The minimum absolute atomic E-state index is 0.119. The number of aromatic nitrogens is 3. The van der Waals surface area contributed by atoms with E-state index in [9.17, 15) is 0 Å². The summed E-state index contributed by atoms with van der Waals surface area (Å²) in [6, 6.07) is 6.18. The van der Waals surface area contributed by atoms with Gasteiger partial charge in [-0.25, -0.2) is 0 Å². The van der Waals surface area contributed by atoms with E-state index in [0.29, 0.717) is 5.95 Å². The summed E-state index contributed by atoms with van der Waals surface area (Å²) in [5.41, 5.74) is 8.87. The molecule has 1 aromatic heterocycles. The number of methoxy groups -OCH3 is 1. The van der Waals surface area contributed by atoms with Gasteiger partial charge in [0.25, 0.3) is 0 Å². The standard InChI is InChI=1S/C12H15N5O/c1-7-4-5-9(6-8(7)2)14-11-15-10(13)16-12(17-11)18-3/h4-6H,1-3H3,(H3,13,14,15,16,17).